The average Bonchev–Trinajstić information content (AvgIpc) is 2.29. The van der Waals surface area contributed by atoms with E-state index in [0.717, 1.165) is 12.0 Å². The van der Waals surface area contributed by atoms with Crippen molar-refractivity contribution in [1.29, 1.82) is 0 Å². The molecule has 0 aliphatic rings. The molecule has 0 radical (unpaired) electrons. The molecule has 0 saturated heterocycles. The molecule has 16 heavy (non-hydrogen) atoms. The average molecular weight is 222 g/mol. The van der Waals surface area contributed by atoms with Crippen molar-refractivity contribution in [3.8, 4) is 5.75 Å². The van der Waals surface area contributed by atoms with Crippen LogP contribution in [0.1, 0.15) is 29.8 Å². The minimum atomic E-state index is 0.0303. The van der Waals surface area contributed by atoms with Crippen LogP contribution in [0.4, 0.5) is 0 Å². The van der Waals surface area contributed by atoms with Gasteiger partial charge in [0.05, 0.1) is 12.2 Å². The van der Waals surface area contributed by atoms with E-state index < -0.39 is 0 Å². The van der Waals surface area contributed by atoms with Gasteiger partial charge in [0.15, 0.2) is 5.78 Å². The Morgan fingerprint density at radius 3 is 2.62 bits per heavy atom. The second-order valence-corrected chi connectivity index (χ2v) is 3.58. The van der Waals surface area contributed by atoms with Crippen LogP contribution < -0.4 is 4.74 Å². The van der Waals surface area contributed by atoms with Crippen molar-refractivity contribution in [3.63, 3.8) is 0 Å². The number of ketones is 1. The fraction of sp³-hybridized carbons (Fsp3) is 0.462. The van der Waals surface area contributed by atoms with E-state index in [9.17, 15) is 4.79 Å². The molecule has 0 aliphatic carbocycles. The third-order valence-corrected chi connectivity index (χ3v) is 2.38. The molecule has 0 saturated carbocycles. The summed E-state index contributed by atoms with van der Waals surface area (Å²) in [4.78, 5) is 11.5. The topological polar surface area (TPSA) is 35.5 Å². The van der Waals surface area contributed by atoms with Crippen molar-refractivity contribution in [2.24, 2.45) is 0 Å². The first kappa shape index (κ1) is 12.7. The van der Waals surface area contributed by atoms with Gasteiger partial charge in [0.1, 0.15) is 12.4 Å². The first-order chi connectivity index (χ1) is 7.69. The van der Waals surface area contributed by atoms with Crippen LogP contribution in [0, 0.1) is 0 Å². The minimum Gasteiger partial charge on any atom is -0.490 e. The number of carbonyl (C=O) groups excluding carboxylic acids is 1. The number of hydrogen-bond acceptors (Lipinski definition) is 3. The van der Waals surface area contributed by atoms with Gasteiger partial charge in [-0.25, -0.2) is 0 Å². The van der Waals surface area contributed by atoms with Crippen LogP contribution in [0.25, 0.3) is 0 Å². The van der Waals surface area contributed by atoms with Crippen molar-refractivity contribution < 1.29 is 14.3 Å². The van der Waals surface area contributed by atoms with Crippen LogP contribution in [0.2, 0.25) is 0 Å². The smallest absolute Gasteiger partial charge is 0.163 e. The Labute approximate surface area is 96.4 Å². The largest absolute Gasteiger partial charge is 0.490 e. The molecule has 0 fully saturated rings. The number of methoxy groups -OCH3 is 1. The summed E-state index contributed by atoms with van der Waals surface area (Å²) in [5, 5.41) is 0. The van der Waals surface area contributed by atoms with E-state index in [1.54, 1.807) is 14.0 Å². The van der Waals surface area contributed by atoms with Crippen molar-refractivity contribution in [1.82, 2.24) is 0 Å². The number of aryl methyl sites for hydroxylation is 1. The maximum Gasteiger partial charge on any atom is 0.163 e. The van der Waals surface area contributed by atoms with Crippen LogP contribution in [0.3, 0.4) is 0 Å². The zero-order valence-electron chi connectivity index (χ0n) is 10.1. The van der Waals surface area contributed by atoms with E-state index in [1.165, 1.54) is 0 Å². The van der Waals surface area contributed by atoms with E-state index in [-0.39, 0.29) is 5.78 Å². The molecule has 88 valence electrons. The highest BCUT2D eigenvalue weighted by molar-refractivity contribution is 5.97. The Bertz CT molecular complexity index is 358. The zero-order chi connectivity index (χ0) is 12.0. The normalized spacial score (nSPS) is 10.2. The molecule has 0 aromatic heterocycles. The first-order valence-corrected chi connectivity index (χ1v) is 5.44. The van der Waals surface area contributed by atoms with Gasteiger partial charge in [0.2, 0.25) is 0 Å². The third kappa shape index (κ3) is 3.35. The Morgan fingerprint density at radius 2 is 2.06 bits per heavy atom. The summed E-state index contributed by atoms with van der Waals surface area (Å²) in [6, 6.07) is 5.73. The van der Waals surface area contributed by atoms with Gasteiger partial charge in [-0.15, -0.1) is 0 Å². The van der Waals surface area contributed by atoms with Crippen molar-refractivity contribution in [2.45, 2.75) is 20.3 Å². The predicted molar refractivity (Wildman–Crippen MR) is 63.2 cm³/mol. The van der Waals surface area contributed by atoms with Crippen LogP contribution >= 0.6 is 0 Å². The van der Waals surface area contributed by atoms with Gasteiger partial charge in [-0.3, -0.25) is 4.79 Å². The minimum absolute atomic E-state index is 0.0303. The monoisotopic (exact) mass is 222 g/mol. The van der Waals surface area contributed by atoms with Crippen molar-refractivity contribution >= 4 is 5.78 Å². The quantitative estimate of drug-likeness (QED) is 0.548. The summed E-state index contributed by atoms with van der Waals surface area (Å²) in [6.45, 7) is 4.60. The molecule has 1 rings (SSSR count). The van der Waals surface area contributed by atoms with E-state index in [0.29, 0.717) is 24.5 Å². The van der Waals surface area contributed by atoms with Gasteiger partial charge >= 0.3 is 0 Å². The van der Waals surface area contributed by atoms with E-state index in [2.05, 4.69) is 6.92 Å². The molecular formula is C13H18O3. The number of rotatable bonds is 6. The van der Waals surface area contributed by atoms with Crippen LogP contribution in [-0.4, -0.2) is 26.1 Å². The molecular weight excluding hydrogens is 204 g/mol. The standard InChI is InChI=1S/C13H18O3/c1-4-11-5-6-13(16-8-7-15-3)12(9-11)10(2)14/h5-6,9H,4,7-8H2,1-3H3. The molecule has 0 aliphatic heterocycles. The van der Waals surface area contributed by atoms with Crippen LogP contribution in [-0.2, 0) is 11.2 Å². The van der Waals surface area contributed by atoms with Gasteiger partial charge in [-0.1, -0.05) is 13.0 Å². The van der Waals surface area contributed by atoms with E-state index in [4.69, 9.17) is 9.47 Å². The lowest BCUT2D eigenvalue weighted by Crippen LogP contribution is -2.07. The highest BCUT2D eigenvalue weighted by Gasteiger charge is 2.09. The lowest BCUT2D eigenvalue weighted by atomic mass is 10.1. The summed E-state index contributed by atoms with van der Waals surface area (Å²) < 4.78 is 10.4. The molecule has 3 heteroatoms. The Morgan fingerprint density at radius 1 is 1.31 bits per heavy atom. The molecule has 1 aromatic carbocycles. The van der Waals surface area contributed by atoms with Gasteiger partial charge in [-0.05, 0) is 31.0 Å². The molecule has 0 bridgehead atoms. The SMILES string of the molecule is CCc1ccc(OCCOC)c(C(C)=O)c1. The molecule has 0 atom stereocenters. The van der Waals surface area contributed by atoms with Gasteiger partial charge in [-0.2, -0.15) is 0 Å². The number of Topliss-reactive ketones (excluding diaryl/α,β-unsaturated/α-hetero) is 1. The lowest BCUT2D eigenvalue weighted by molar-refractivity contribution is 0.100. The highest BCUT2D eigenvalue weighted by Crippen LogP contribution is 2.21. The maximum absolute atomic E-state index is 11.5. The van der Waals surface area contributed by atoms with Crippen molar-refractivity contribution in [2.75, 3.05) is 20.3 Å². The fourth-order valence-electron chi connectivity index (χ4n) is 1.43. The van der Waals surface area contributed by atoms with Crippen LogP contribution in [0.5, 0.6) is 5.75 Å². The second kappa shape index (κ2) is 6.28. The Balaban J connectivity index is 2.85. The molecule has 0 amide bonds. The molecule has 3 nitrogen and oxygen atoms in total. The number of carbonyl (C=O) groups is 1. The van der Waals surface area contributed by atoms with Gasteiger partial charge in [0, 0.05) is 7.11 Å². The predicted octanol–water partition coefficient (Wildman–Crippen LogP) is 2.48. The summed E-state index contributed by atoms with van der Waals surface area (Å²) in [5.74, 6) is 0.671. The zero-order valence-corrected chi connectivity index (χ0v) is 10.1. The fourth-order valence-corrected chi connectivity index (χ4v) is 1.43. The first-order valence-electron chi connectivity index (χ1n) is 5.44. The molecule has 0 N–H and O–H groups in total. The lowest BCUT2D eigenvalue weighted by Gasteiger charge is -2.10. The number of benzene rings is 1. The summed E-state index contributed by atoms with van der Waals surface area (Å²) in [6.07, 6.45) is 0.915. The van der Waals surface area contributed by atoms with Crippen molar-refractivity contribution in [3.05, 3.63) is 29.3 Å². The number of hydrogen-bond donors (Lipinski definition) is 0. The van der Waals surface area contributed by atoms with Gasteiger partial charge < -0.3 is 9.47 Å². The number of ether oxygens (including phenoxy) is 2. The second-order valence-electron chi connectivity index (χ2n) is 3.58. The van der Waals surface area contributed by atoms with Gasteiger partial charge in [0.25, 0.3) is 0 Å². The Hall–Kier alpha value is -1.35. The molecule has 0 spiro atoms. The van der Waals surface area contributed by atoms with E-state index >= 15 is 0 Å². The molecule has 1 aromatic rings. The highest BCUT2D eigenvalue weighted by atomic mass is 16.5. The van der Waals surface area contributed by atoms with Crippen LogP contribution in [0.15, 0.2) is 18.2 Å². The van der Waals surface area contributed by atoms with E-state index in [1.807, 2.05) is 18.2 Å². The maximum atomic E-state index is 11.5. The molecule has 0 heterocycles. The Kier molecular flexibility index (Phi) is 4.99. The summed E-state index contributed by atoms with van der Waals surface area (Å²) in [7, 11) is 1.62. The molecule has 0 unspecified atom stereocenters. The summed E-state index contributed by atoms with van der Waals surface area (Å²) >= 11 is 0. The summed E-state index contributed by atoms with van der Waals surface area (Å²) in [5.41, 5.74) is 1.79. The third-order valence-electron chi connectivity index (χ3n) is 2.38.